The molecule has 7 heteroatoms. The summed E-state index contributed by atoms with van der Waals surface area (Å²) in [5, 5.41) is 6.84. The molecule has 1 aromatic carbocycles. The molecule has 0 aliphatic heterocycles. The van der Waals surface area contributed by atoms with E-state index in [-0.39, 0.29) is 11.7 Å². The van der Waals surface area contributed by atoms with E-state index in [1.54, 1.807) is 13.8 Å². The molecule has 0 spiro atoms. The summed E-state index contributed by atoms with van der Waals surface area (Å²) in [4.78, 5) is 0. The Kier molecular flexibility index (Phi) is 3.85. The molecule has 0 fully saturated rings. The summed E-state index contributed by atoms with van der Waals surface area (Å²) >= 11 is 0. The van der Waals surface area contributed by atoms with Crippen LogP contribution < -0.4 is 11.1 Å². The van der Waals surface area contributed by atoms with Crippen LogP contribution in [-0.4, -0.2) is 5.16 Å². The number of anilines is 2. The summed E-state index contributed by atoms with van der Waals surface area (Å²) in [6, 6.07) is 3.52. The summed E-state index contributed by atoms with van der Waals surface area (Å²) in [7, 11) is 0. The number of nitrogens with zero attached hydrogens (tertiary/aromatic N) is 1. The molecule has 114 valence electrons. The number of alkyl halides is 3. The van der Waals surface area contributed by atoms with Gasteiger partial charge in [0.2, 0.25) is 0 Å². The van der Waals surface area contributed by atoms with Gasteiger partial charge in [0.1, 0.15) is 5.76 Å². The quantitative estimate of drug-likeness (QED) is 0.839. The SMILES string of the molecule is Cc1noc(C)c1C(C)Nc1ccc(N)c(C(F)(F)F)c1. The fourth-order valence-electron chi connectivity index (χ4n) is 2.32. The second-order valence-electron chi connectivity index (χ2n) is 4.90. The van der Waals surface area contributed by atoms with Gasteiger partial charge in [-0.3, -0.25) is 0 Å². The van der Waals surface area contributed by atoms with Gasteiger partial charge in [-0.2, -0.15) is 13.2 Å². The van der Waals surface area contributed by atoms with Gasteiger partial charge in [-0.1, -0.05) is 5.16 Å². The van der Waals surface area contributed by atoms with Crippen LogP contribution in [0, 0.1) is 13.8 Å². The van der Waals surface area contributed by atoms with E-state index in [1.165, 1.54) is 12.1 Å². The van der Waals surface area contributed by atoms with Gasteiger partial charge in [0.05, 0.1) is 17.3 Å². The molecule has 0 radical (unpaired) electrons. The molecule has 0 saturated carbocycles. The van der Waals surface area contributed by atoms with Gasteiger partial charge in [-0.15, -0.1) is 0 Å². The lowest BCUT2D eigenvalue weighted by molar-refractivity contribution is -0.136. The normalized spacial score (nSPS) is 13.2. The van der Waals surface area contributed by atoms with Crippen molar-refractivity contribution in [1.82, 2.24) is 5.16 Å². The van der Waals surface area contributed by atoms with E-state index in [9.17, 15) is 13.2 Å². The molecule has 1 aromatic heterocycles. The zero-order chi connectivity index (χ0) is 15.8. The third-order valence-electron chi connectivity index (χ3n) is 3.26. The van der Waals surface area contributed by atoms with Gasteiger partial charge in [0, 0.05) is 16.9 Å². The second-order valence-corrected chi connectivity index (χ2v) is 4.90. The highest BCUT2D eigenvalue weighted by Gasteiger charge is 2.33. The van der Waals surface area contributed by atoms with E-state index in [0.29, 0.717) is 17.1 Å². The van der Waals surface area contributed by atoms with Crippen molar-refractivity contribution in [2.45, 2.75) is 33.0 Å². The van der Waals surface area contributed by atoms with Crippen molar-refractivity contribution < 1.29 is 17.7 Å². The Morgan fingerprint density at radius 3 is 2.48 bits per heavy atom. The number of hydrogen-bond donors (Lipinski definition) is 2. The lowest BCUT2D eigenvalue weighted by Gasteiger charge is -2.17. The Morgan fingerprint density at radius 2 is 1.95 bits per heavy atom. The van der Waals surface area contributed by atoms with E-state index in [4.69, 9.17) is 10.3 Å². The van der Waals surface area contributed by atoms with Crippen LogP contribution in [0.25, 0.3) is 0 Å². The van der Waals surface area contributed by atoms with Gasteiger partial charge in [0.25, 0.3) is 0 Å². The van der Waals surface area contributed by atoms with E-state index < -0.39 is 11.7 Å². The molecule has 2 aromatic rings. The minimum atomic E-state index is -4.48. The van der Waals surface area contributed by atoms with E-state index in [0.717, 1.165) is 11.6 Å². The first kappa shape index (κ1) is 15.2. The summed E-state index contributed by atoms with van der Waals surface area (Å²) < 4.78 is 43.6. The maximum Gasteiger partial charge on any atom is 0.418 e. The lowest BCUT2D eigenvalue weighted by Crippen LogP contribution is -2.12. The number of hydrogen-bond acceptors (Lipinski definition) is 4. The molecule has 0 bridgehead atoms. The summed E-state index contributed by atoms with van der Waals surface area (Å²) in [5.74, 6) is 0.638. The molecular weight excluding hydrogens is 283 g/mol. The van der Waals surface area contributed by atoms with Crippen LogP contribution in [0.5, 0.6) is 0 Å². The molecule has 0 amide bonds. The first-order valence-corrected chi connectivity index (χ1v) is 6.36. The van der Waals surface area contributed by atoms with Gasteiger partial charge in [-0.05, 0) is 39.0 Å². The Morgan fingerprint density at radius 1 is 1.29 bits per heavy atom. The summed E-state index contributed by atoms with van der Waals surface area (Å²) in [6.45, 7) is 5.38. The van der Waals surface area contributed by atoms with Crippen LogP contribution in [0.15, 0.2) is 22.7 Å². The smallest absolute Gasteiger partial charge is 0.398 e. The van der Waals surface area contributed by atoms with Gasteiger partial charge in [-0.25, -0.2) is 0 Å². The van der Waals surface area contributed by atoms with Crippen LogP contribution in [0.2, 0.25) is 0 Å². The van der Waals surface area contributed by atoms with Gasteiger partial charge >= 0.3 is 6.18 Å². The molecule has 3 N–H and O–H groups in total. The van der Waals surface area contributed by atoms with Crippen molar-refractivity contribution in [3.8, 4) is 0 Å². The van der Waals surface area contributed by atoms with Crippen LogP contribution in [0.4, 0.5) is 24.5 Å². The number of rotatable bonds is 3. The van der Waals surface area contributed by atoms with Crippen molar-refractivity contribution in [2.24, 2.45) is 0 Å². The van der Waals surface area contributed by atoms with Crippen molar-refractivity contribution in [3.63, 3.8) is 0 Å². The van der Waals surface area contributed by atoms with Crippen molar-refractivity contribution in [2.75, 3.05) is 11.1 Å². The third kappa shape index (κ3) is 3.12. The van der Waals surface area contributed by atoms with Crippen LogP contribution >= 0.6 is 0 Å². The van der Waals surface area contributed by atoms with Crippen molar-refractivity contribution in [1.29, 1.82) is 0 Å². The van der Waals surface area contributed by atoms with Gasteiger partial charge < -0.3 is 15.6 Å². The minimum absolute atomic E-state index is 0.235. The first-order valence-electron chi connectivity index (χ1n) is 6.36. The molecular formula is C14H16F3N3O. The number of aromatic nitrogens is 1. The fraction of sp³-hybridized carbons (Fsp3) is 0.357. The Balaban J connectivity index is 2.28. The molecule has 1 heterocycles. The summed E-state index contributed by atoms with van der Waals surface area (Å²) in [6.07, 6.45) is -4.48. The Labute approximate surface area is 120 Å². The molecule has 0 aliphatic carbocycles. The number of nitrogen functional groups attached to an aromatic ring is 1. The number of halogens is 3. The maximum atomic E-state index is 12.8. The average Bonchev–Trinajstić information content (AvgIpc) is 2.70. The zero-order valence-corrected chi connectivity index (χ0v) is 11.9. The molecule has 1 unspecified atom stereocenters. The van der Waals surface area contributed by atoms with Gasteiger partial charge in [0.15, 0.2) is 0 Å². The predicted octanol–water partition coefficient (Wildman–Crippen LogP) is 4.07. The highest BCUT2D eigenvalue weighted by molar-refractivity contribution is 5.59. The van der Waals surface area contributed by atoms with Crippen LogP contribution in [0.1, 0.15) is 35.5 Å². The van der Waals surface area contributed by atoms with Crippen LogP contribution in [-0.2, 0) is 6.18 Å². The fourth-order valence-corrected chi connectivity index (χ4v) is 2.32. The molecule has 0 aliphatic rings. The predicted molar refractivity (Wildman–Crippen MR) is 73.9 cm³/mol. The first-order chi connectivity index (χ1) is 9.70. The minimum Gasteiger partial charge on any atom is -0.398 e. The lowest BCUT2D eigenvalue weighted by atomic mass is 10.1. The summed E-state index contributed by atoms with van der Waals surface area (Å²) in [5.41, 5.74) is 6.11. The van der Waals surface area contributed by atoms with Crippen molar-refractivity contribution in [3.05, 3.63) is 40.8 Å². The van der Waals surface area contributed by atoms with Crippen LogP contribution in [0.3, 0.4) is 0 Å². The highest BCUT2D eigenvalue weighted by atomic mass is 19.4. The largest absolute Gasteiger partial charge is 0.418 e. The number of nitrogens with one attached hydrogen (secondary N) is 1. The molecule has 1 atom stereocenters. The monoisotopic (exact) mass is 299 g/mol. The molecule has 2 rings (SSSR count). The zero-order valence-electron chi connectivity index (χ0n) is 11.9. The Bertz CT molecular complexity index is 630. The standard InChI is InChI=1S/C14H16F3N3O/c1-7(13-8(2)20-21-9(13)3)19-10-4-5-12(18)11(6-10)14(15,16)17/h4-7,19H,18H2,1-3H3. The second kappa shape index (κ2) is 5.31. The topological polar surface area (TPSA) is 64.1 Å². The molecule has 21 heavy (non-hydrogen) atoms. The molecule has 0 saturated heterocycles. The van der Waals surface area contributed by atoms with E-state index in [1.807, 2.05) is 6.92 Å². The number of benzene rings is 1. The maximum absolute atomic E-state index is 12.8. The highest BCUT2D eigenvalue weighted by Crippen LogP contribution is 2.36. The Hall–Kier alpha value is -2.18. The molecule has 4 nitrogen and oxygen atoms in total. The van der Waals surface area contributed by atoms with E-state index in [2.05, 4.69) is 10.5 Å². The average molecular weight is 299 g/mol. The van der Waals surface area contributed by atoms with E-state index >= 15 is 0 Å². The van der Waals surface area contributed by atoms with Crippen molar-refractivity contribution >= 4 is 11.4 Å². The number of nitrogens with two attached hydrogens (primary N) is 1. The third-order valence-corrected chi connectivity index (χ3v) is 3.26. The number of aryl methyl sites for hydroxylation is 2.